The van der Waals surface area contributed by atoms with Crippen molar-refractivity contribution in [2.24, 2.45) is 0 Å². The second-order valence-corrected chi connectivity index (χ2v) is 5.05. The molecule has 3 heteroatoms. The molecule has 1 unspecified atom stereocenters. The van der Waals surface area contributed by atoms with E-state index in [1.165, 1.54) is 12.1 Å². The maximum absolute atomic E-state index is 13.4. The lowest BCUT2D eigenvalue weighted by Crippen LogP contribution is -2.00. The molecular formula is C16H16ClFO. The van der Waals surface area contributed by atoms with Crippen molar-refractivity contribution in [2.75, 3.05) is 7.11 Å². The largest absolute Gasteiger partial charge is 0.496 e. The maximum Gasteiger partial charge on any atom is 0.123 e. The number of hydrogen-bond acceptors (Lipinski definition) is 1. The molecule has 0 bridgehead atoms. The lowest BCUT2D eigenvalue weighted by atomic mass is 9.98. The van der Waals surface area contributed by atoms with Crippen LogP contribution in [0.25, 0.3) is 0 Å². The summed E-state index contributed by atoms with van der Waals surface area (Å²) in [6.07, 6.45) is 0. The van der Waals surface area contributed by atoms with Gasteiger partial charge in [0.1, 0.15) is 11.6 Å². The van der Waals surface area contributed by atoms with E-state index in [0.717, 1.165) is 22.3 Å². The zero-order valence-corrected chi connectivity index (χ0v) is 12.0. The fourth-order valence-corrected chi connectivity index (χ4v) is 2.51. The lowest BCUT2D eigenvalue weighted by Gasteiger charge is -2.17. The monoisotopic (exact) mass is 278 g/mol. The molecule has 0 aliphatic heterocycles. The van der Waals surface area contributed by atoms with E-state index in [9.17, 15) is 4.39 Å². The number of hydrogen-bond donors (Lipinski definition) is 0. The Balaban J connectivity index is 2.51. The summed E-state index contributed by atoms with van der Waals surface area (Å²) in [5, 5.41) is -0.425. The Labute approximate surface area is 118 Å². The molecule has 1 atom stereocenters. The Morgan fingerprint density at radius 1 is 1.05 bits per heavy atom. The fraction of sp³-hybridized carbons (Fsp3) is 0.250. The molecule has 0 radical (unpaired) electrons. The molecular weight excluding hydrogens is 263 g/mol. The van der Waals surface area contributed by atoms with Crippen LogP contribution in [0.4, 0.5) is 4.39 Å². The van der Waals surface area contributed by atoms with Crippen LogP contribution < -0.4 is 4.74 Å². The van der Waals surface area contributed by atoms with Gasteiger partial charge in [0, 0.05) is 5.56 Å². The van der Waals surface area contributed by atoms with Gasteiger partial charge in [0.2, 0.25) is 0 Å². The first-order chi connectivity index (χ1) is 9.02. The van der Waals surface area contributed by atoms with E-state index in [1.807, 2.05) is 32.0 Å². The highest BCUT2D eigenvalue weighted by Gasteiger charge is 2.18. The quantitative estimate of drug-likeness (QED) is 0.734. The van der Waals surface area contributed by atoms with Gasteiger partial charge < -0.3 is 4.74 Å². The van der Waals surface area contributed by atoms with Crippen LogP contribution >= 0.6 is 11.6 Å². The van der Waals surface area contributed by atoms with Gasteiger partial charge in [-0.2, -0.15) is 0 Å². The third kappa shape index (κ3) is 2.90. The van der Waals surface area contributed by atoms with Gasteiger partial charge in [-0.1, -0.05) is 23.8 Å². The summed E-state index contributed by atoms with van der Waals surface area (Å²) in [5.74, 6) is 0.437. The topological polar surface area (TPSA) is 9.23 Å². The molecule has 2 aromatic carbocycles. The molecule has 0 aliphatic rings. The van der Waals surface area contributed by atoms with Crippen LogP contribution in [0.2, 0.25) is 0 Å². The van der Waals surface area contributed by atoms with Gasteiger partial charge in [0.05, 0.1) is 12.5 Å². The minimum Gasteiger partial charge on any atom is -0.496 e. The van der Waals surface area contributed by atoms with E-state index in [1.54, 1.807) is 13.2 Å². The summed E-state index contributed by atoms with van der Waals surface area (Å²) in [6.45, 7) is 3.91. The lowest BCUT2D eigenvalue weighted by molar-refractivity contribution is 0.410. The standard InChI is InChI=1S/C16H16ClFO/c1-10-4-7-15(19-3)14(8-10)16(17)13-9-12(18)6-5-11(13)2/h4-9,16H,1-3H3. The summed E-state index contributed by atoms with van der Waals surface area (Å²) < 4.78 is 18.7. The van der Waals surface area contributed by atoms with Crippen molar-refractivity contribution in [1.29, 1.82) is 0 Å². The molecule has 19 heavy (non-hydrogen) atoms. The number of ether oxygens (including phenoxy) is 1. The van der Waals surface area contributed by atoms with Gasteiger partial charge in [-0.05, 0) is 43.2 Å². The van der Waals surface area contributed by atoms with Crippen LogP contribution in [-0.2, 0) is 0 Å². The number of aryl methyl sites for hydroxylation is 2. The predicted octanol–water partition coefficient (Wildman–Crippen LogP) is 4.78. The minimum atomic E-state index is -0.425. The SMILES string of the molecule is COc1ccc(C)cc1C(Cl)c1cc(F)ccc1C. The van der Waals surface area contributed by atoms with Crippen LogP contribution in [0, 0.1) is 19.7 Å². The van der Waals surface area contributed by atoms with Crippen molar-refractivity contribution in [2.45, 2.75) is 19.2 Å². The van der Waals surface area contributed by atoms with Gasteiger partial charge in [-0.15, -0.1) is 11.6 Å². The van der Waals surface area contributed by atoms with Crippen molar-refractivity contribution in [3.8, 4) is 5.75 Å². The summed E-state index contributed by atoms with van der Waals surface area (Å²) in [6, 6.07) is 10.5. The molecule has 0 amide bonds. The van der Waals surface area contributed by atoms with Crippen molar-refractivity contribution in [3.63, 3.8) is 0 Å². The third-order valence-electron chi connectivity index (χ3n) is 3.17. The number of methoxy groups -OCH3 is 1. The van der Waals surface area contributed by atoms with Crippen LogP contribution in [0.3, 0.4) is 0 Å². The van der Waals surface area contributed by atoms with Crippen molar-refractivity contribution < 1.29 is 9.13 Å². The zero-order valence-electron chi connectivity index (χ0n) is 11.2. The predicted molar refractivity (Wildman–Crippen MR) is 76.6 cm³/mol. The number of alkyl halides is 1. The fourth-order valence-electron chi connectivity index (χ4n) is 2.10. The van der Waals surface area contributed by atoms with E-state index in [4.69, 9.17) is 16.3 Å². The molecule has 0 saturated carbocycles. The van der Waals surface area contributed by atoms with Gasteiger partial charge in [-0.3, -0.25) is 0 Å². The van der Waals surface area contributed by atoms with Crippen LogP contribution in [-0.4, -0.2) is 7.11 Å². The first kappa shape index (κ1) is 13.9. The van der Waals surface area contributed by atoms with E-state index >= 15 is 0 Å². The van der Waals surface area contributed by atoms with Crippen LogP contribution in [0.1, 0.15) is 27.6 Å². The molecule has 0 saturated heterocycles. The molecule has 0 aromatic heterocycles. The normalized spacial score (nSPS) is 12.3. The summed E-state index contributed by atoms with van der Waals surface area (Å²) in [5.41, 5.74) is 3.68. The third-order valence-corrected chi connectivity index (χ3v) is 3.64. The highest BCUT2D eigenvalue weighted by Crippen LogP contribution is 2.37. The van der Waals surface area contributed by atoms with Crippen molar-refractivity contribution in [1.82, 2.24) is 0 Å². The molecule has 0 fully saturated rings. The van der Waals surface area contributed by atoms with Crippen LogP contribution in [0.5, 0.6) is 5.75 Å². The highest BCUT2D eigenvalue weighted by molar-refractivity contribution is 6.23. The van der Waals surface area contributed by atoms with E-state index < -0.39 is 5.38 Å². The average molecular weight is 279 g/mol. The molecule has 0 spiro atoms. The molecule has 2 aromatic rings. The zero-order chi connectivity index (χ0) is 14.0. The summed E-state index contributed by atoms with van der Waals surface area (Å²) >= 11 is 6.52. The Morgan fingerprint density at radius 2 is 1.79 bits per heavy atom. The Morgan fingerprint density at radius 3 is 2.47 bits per heavy atom. The molecule has 100 valence electrons. The van der Waals surface area contributed by atoms with Gasteiger partial charge >= 0.3 is 0 Å². The Hall–Kier alpha value is -1.54. The Kier molecular flexibility index (Phi) is 4.11. The first-order valence-electron chi connectivity index (χ1n) is 6.07. The van der Waals surface area contributed by atoms with E-state index in [-0.39, 0.29) is 5.82 Å². The molecule has 0 N–H and O–H groups in total. The summed E-state index contributed by atoms with van der Waals surface area (Å²) in [4.78, 5) is 0. The molecule has 2 rings (SSSR count). The van der Waals surface area contributed by atoms with E-state index in [2.05, 4.69) is 0 Å². The first-order valence-corrected chi connectivity index (χ1v) is 6.51. The number of rotatable bonds is 3. The van der Waals surface area contributed by atoms with Crippen LogP contribution in [0.15, 0.2) is 36.4 Å². The molecule has 0 heterocycles. The second-order valence-electron chi connectivity index (χ2n) is 4.61. The molecule has 0 aliphatic carbocycles. The maximum atomic E-state index is 13.4. The highest BCUT2D eigenvalue weighted by atomic mass is 35.5. The van der Waals surface area contributed by atoms with Gasteiger partial charge in [-0.25, -0.2) is 4.39 Å². The molecule has 1 nitrogen and oxygen atoms in total. The Bertz CT molecular complexity index is 595. The number of benzene rings is 2. The van der Waals surface area contributed by atoms with Crippen molar-refractivity contribution >= 4 is 11.6 Å². The van der Waals surface area contributed by atoms with Crippen molar-refractivity contribution in [3.05, 3.63) is 64.5 Å². The van der Waals surface area contributed by atoms with Gasteiger partial charge in [0.15, 0.2) is 0 Å². The minimum absolute atomic E-state index is 0.280. The van der Waals surface area contributed by atoms with Gasteiger partial charge in [0.25, 0.3) is 0 Å². The number of halogens is 2. The smallest absolute Gasteiger partial charge is 0.123 e. The average Bonchev–Trinajstić information content (AvgIpc) is 2.40. The summed E-state index contributed by atoms with van der Waals surface area (Å²) in [7, 11) is 1.61. The van der Waals surface area contributed by atoms with E-state index in [0.29, 0.717) is 5.75 Å². The second kappa shape index (κ2) is 5.62.